The lowest BCUT2D eigenvalue weighted by Crippen LogP contribution is -2.35. The van der Waals surface area contributed by atoms with Gasteiger partial charge in [0.25, 0.3) is 0 Å². The molecule has 0 saturated carbocycles. The topological polar surface area (TPSA) is 274 Å². The molecule has 4 amide bonds. The number of ether oxygens (including phenoxy) is 4. The number of fused-ring (bicyclic) bond motifs is 8. The number of anilines is 8. The first kappa shape index (κ1) is 91.3. The third-order valence-corrected chi connectivity index (χ3v) is 29.0. The van der Waals surface area contributed by atoms with Crippen molar-refractivity contribution in [2.45, 2.75) is 167 Å². The van der Waals surface area contributed by atoms with Crippen LogP contribution in [-0.4, -0.2) is 227 Å². The standard InChI is InChI=1S/2C25H27F3N6O2.2C24H27FN6O2/c2*1-15(35)32-8-6-22-20(13-32)24(30-34(22)18-7-10-36-14-18)33-9-5-17-11-16(3-4-21(17)33)19-12-31(2)29-23(19)25(26,27)28;1-15(32)29-6-4-22-20(13-29)24(27-31(22)18-5-8-33-14-18)30-7-3-16-9-21(25)19(10-23(16)30)17-11-26-28(2)12-17;1-15(32)29-6-4-22-20(13-29)24(27-31(22)18-5-8-33-14-18)30-7-3-16-9-19(21(25)10-23(16)30)17-11-26-28(2)12-17/h2*3-4,11-12,18H,5-10,13-14H2,1-2H3;2*9-12,18H,3-8,13-14H2,1-2H3/t2*18-;;/m10../s1. The Morgan fingerprint density at radius 2 is 0.638 bits per heavy atom. The highest BCUT2D eigenvalue weighted by Gasteiger charge is 2.45. The van der Waals surface area contributed by atoms with Crippen LogP contribution in [0.3, 0.4) is 0 Å². The van der Waals surface area contributed by atoms with E-state index in [1.54, 1.807) is 73.7 Å². The van der Waals surface area contributed by atoms with Crippen LogP contribution in [0.15, 0.2) is 97.8 Å². The van der Waals surface area contributed by atoms with Crippen molar-refractivity contribution < 1.29 is 73.2 Å². The van der Waals surface area contributed by atoms with E-state index in [9.17, 15) is 49.9 Å². The van der Waals surface area contributed by atoms with Crippen LogP contribution in [0.2, 0.25) is 0 Å². The van der Waals surface area contributed by atoms with Gasteiger partial charge >= 0.3 is 12.4 Å². The van der Waals surface area contributed by atoms with E-state index in [0.29, 0.717) is 140 Å². The second-order valence-electron chi connectivity index (χ2n) is 37.8. The SMILES string of the molecule is CC(=O)N1CCc2c(c(N3CCc4cc(-c5cn(C)nc5C(F)(F)F)ccc43)nn2[C@@H]2CCOC2)C1.CC(=O)N1CCc2c(c(N3CCc4cc(-c5cn(C)nc5C(F)(F)F)ccc43)nn2[C@H]2CCOC2)C1.CC(=O)N1CCc2c(c(N3CCc4cc(-c5cnn(C)c5)c(F)cc43)nn2C2CCOC2)C1.CC(=O)N1CCc2c(c(N3CCc4cc(F)c(-c5cnn(C)c5)cc43)nn2C2CCOC2)C1. The van der Waals surface area contributed by atoms with Crippen molar-refractivity contribution in [1.29, 1.82) is 0 Å². The fourth-order valence-corrected chi connectivity index (χ4v) is 21.9. The summed E-state index contributed by atoms with van der Waals surface area (Å²) in [5.41, 5.74) is 18.7. The van der Waals surface area contributed by atoms with E-state index in [2.05, 4.69) is 58.7 Å². The quantitative estimate of drug-likeness (QED) is 0.103. The number of halogens is 8. The van der Waals surface area contributed by atoms with Gasteiger partial charge in [-0.1, -0.05) is 12.1 Å². The first-order valence-electron chi connectivity index (χ1n) is 47.3. The van der Waals surface area contributed by atoms with Gasteiger partial charge < -0.3 is 58.1 Å². The van der Waals surface area contributed by atoms with Crippen LogP contribution in [0.5, 0.6) is 0 Å². The normalized spacial score (nSPS) is 19.7. The summed E-state index contributed by atoms with van der Waals surface area (Å²) in [7, 11) is 6.64. The van der Waals surface area contributed by atoms with Gasteiger partial charge in [0.05, 0.1) is 89.2 Å². The maximum atomic E-state index is 15.2. The minimum Gasteiger partial charge on any atom is -0.379 e. The van der Waals surface area contributed by atoms with Gasteiger partial charge in [-0.15, -0.1) is 0 Å². The largest absolute Gasteiger partial charge is 0.435 e. The van der Waals surface area contributed by atoms with Crippen LogP contribution in [-0.2, 0) is 156 Å². The number of carbonyl (C=O) groups is 4. The molecule has 0 spiro atoms. The average molecular weight is 1900 g/mol. The third kappa shape index (κ3) is 17.1. The molecule has 12 aromatic rings. The van der Waals surface area contributed by atoms with Gasteiger partial charge in [0.1, 0.15) is 11.6 Å². The average Bonchev–Trinajstić information content (AvgIpc) is 1.60. The third-order valence-electron chi connectivity index (χ3n) is 29.0. The number of hydrogen-bond acceptors (Lipinski definition) is 20. The van der Waals surface area contributed by atoms with Crippen LogP contribution >= 0.6 is 0 Å². The number of benzene rings is 4. The number of rotatable bonds is 12. The Hall–Kier alpha value is -13.1. The van der Waals surface area contributed by atoms with Crippen molar-refractivity contribution in [3.05, 3.63) is 188 Å². The van der Waals surface area contributed by atoms with Crippen LogP contribution in [0.4, 0.5) is 81.1 Å². The van der Waals surface area contributed by atoms with E-state index in [4.69, 9.17) is 39.3 Å². The van der Waals surface area contributed by atoms with Crippen LogP contribution in [0.1, 0.15) is 156 Å². The molecule has 20 heterocycles. The second kappa shape index (κ2) is 36.4. The van der Waals surface area contributed by atoms with Gasteiger partial charge in [0.2, 0.25) is 23.6 Å². The van der Waals surface area contributed by atoms with Crippen molar-refractivity contribution >= 4 is 69.6 Å². The van der Waals surface area contributed by atoms with Crippen molar-refractivity contribution in [1.82, 2.24) is 97.8 Å². The molecular weight excluding hydrogens is 1790 g/mol. The highest BCUT2D eigenvalue weighted by atomic mass is 19.4. The number of hydrogen-bond donors (Lipinski definition) is 0. The van der Waals surface area contributed by atoms with Gasteiger partial charge in [-0.3, -0.25) is 56.6 Å². The summed E-state index contributed by atoms with van der Waals surface area (Å²) in [4.78, 5) is 64.6. The van der Waals surface area contributed by atoms with Crippen LogP contribution in [0, 0.1) is 11.6 Å². The predicted molar refractivity (Wildman–Crippen MR) is 493 cm³/mol. The lowest BCUT2D eigenvalue weighted by Gasteiger charge is -2.28. The first-order valence-corrected chi connectivity index (χ1v) is 47.3. The number of carbonyl (C=O) groups excluding carboxylic acids is 4. The molecule has 24 rings (SSSR count). The number of aromatic nitrogens is 16. The molecule has 40 heteroatoms. The molecule has 0 N–H and O–H groups in total. The Bertz CT molecular complexity index is 6540. The van der Waals surface area contributed by atoms with E-state index in [-0.39, 0.29) is 70.6 Å². The minimum atomic E-state index is -4.53. The molecule has 4 aromatic carbocycles. The van der Waals surface area contributed by atoms with Crippen molar-refractivity contribution in [2.24, 2.45) is 28.2 Å². The Labute approximate surface area is 790 Å². The summed E-state index contributed by atoms with van der Waals surface area (Å²) in [6.07, 6.45) is 10.4. The molecule has 0 radical (unpaired) electrons. The van der Waals surface area contributed by atoms with Crippen LogP contribution in [0.25, 0.3) is 44.5 Å². The van der Waals surface area contributed by atoms with Gasteiger partial charge in [0, 0.05) is 286 Å². The molecule has 12 aliphatic rings. The number of nitrogens with zero attached hydrogens (tertiary/aromatic N) is 24. The summed E-state index contributed by atoms with van der Waals surface area (Å²) in [5, 5.41) is 35.9. The highest BCUT2D eigenvalue weighted by molar-refractivity contribution is 5.84. The van der Waals surface area contributed by atoms with Gasteiger partial charge in [-0.25, -0.2) is 8.78 Å². The molecule has 0 aliphatic carbocycles. The highest BCUT2D eigenvalue weighted by Crippen LogP contribution is 2.50. The van der Waals surface area contributed by atoms with Crippen molar-refractivity contribution in [2.75, 3.05) is 125 Å². The zero-order valence-corrected chi connectivity index (χ0v) is 78.2. The summed E-state index contributed by atoms with van der Waals surface area (Å²) < 4.78 is 148. The predicted octanol–water partition coefficient (Wildman–Crippen LogP) is 13.7. The Kier molecular flexibility index (Phi) is 24.1. The fraction of sp³-hybridized carbons (Fsp3) is 0.469. The molecule has 8 aromatic heterocycles. The lowest BCUT2D eigenvalue weighted by molar-refractivity contribution is -0.141. The molecule has 2 unspecified atom stereocenters. The van der Waals surface area contributed by atoms with Crippen molar-refractivity contribution in [3.8, 4) is 44.5 Å². The lowest BCUT2D eigenvalue weighted by atomic mass is 10.0. The summed E-state index contributed by atoms with van der Waals surface area (Å²) in [6.45, 7) is 19.5. The Morgan fingerprint density at radius 1 is 0.333 bits per heavy atom. The molecule has 4 saturated heterocycles. The zero-order valence-electron chi connectivity index (χ0n) is 78.2. The van der Waals surface area contributed by atoms with E-state index in [1.165, 1.54) is 47.2 Å². The van der Waals surface area contributed by atoms with Gasteiger partial charge in [-0.05, 0) is 133 Å². The number of aryl methyl sites for hydroxylation is 4. The van der Waals surface area contributed by atoms with Gasteiger partial charge in [-0.2, -0.15) is 67.1 Å². The minimum absolute atomic E-state index is 0.0342. The smallest absolute Gasteiger partial charge is 0.379 e. The van der Waals surface area contributed by atoms with Gasteiger partial charge in [0.15, 0.2) is 34.7 Å². The number of alkyl halides is 6. The van der Waals surface area contributed by atoms with E-state index < -0.39 is 23.7 Å². The molecule has 32 nitrogen and oxygen atoms in total. The second-order valence-corrected chi connectivity index (χ2v) is 37.8. The Balaban J connectivity index is 0.000000110. The van der Waals surface area contributed by atoms with E-state index in [1.807, 2.05) is 82.5 Å². The number of amides is 4. The zero-order chi connectivity index (χ0) is 95.8. The van der Waals surface area contributed by atoms with E-state index >= 15 is 4.39 Å². The molecule has 0 bridgehead atoms. The summed E-state index contributed by atoms with van der Waals surface area (Å²) in [6, 6.07) is 18.8. The first-order chi connectivity index (χ1) is 66.4. The van der Waals surface area contributed by atoms with Crippen LogP contribution < -0.4 is 19.6 Å². The van der Waals surface area contributed by atoms with Crippen molar-refractivity contribution in [3.63, 3.8) is 0 Å². The molecule has 4 atom stereocenters. The molecule has 4 fully saturated rings. The van der Waals surface area contributed by atoms with E-state index in [0.717, 1.165) is 204 Å². The Morgan fingerprint density at radius 3 is 0.942 bits per heavy atom. The summed E-state index contributed by atoms with van der Waals surface area (Å²) in [5.74, 6) is 3.08. The maximum absolute atomic E-state index is 15.2. The fourth-order valence-electron chi connectivity index (χ4n) is 21.9. The maximum Gasteiger partial charge on any atom is 0.435 e. The monoisotopic (exact) mass is 1900 g/mol. The summed E-state index contributed by atoms with van der Waals surface area (Å²) >= 11 is 0. The molecule has 724 valence electrons. The molecule has 138 heavy (non-hydrogen) atoms. The molecular formula is C98H108F8N24O8. The molecule has 12 aliphatic heterocycles.